The van der Waals surface area contributed by atoms with Crippen LogP contribution in [0.15, 0.2) is 35.6 Å². The molecule has 2 nitrogen and oxygen atoms in total. The van der Waals surface area contributed by atoms with Crippen LogP contribution in [0, 0.1) is 20.8 Å². The summed E-state index contributed by atoms with van der Waals surface area (Å²) >= 11 is -0.472. The number of nitrogens with zero attached hydrogens (tertiary/aromatic N) is 2. The molecule has 1 aromatic rings. The Morgan fingerprint density at radius 1 is 1.05 bits per heavy atom. The minimum absolute atomic E-state index is 0.384. The molecule has 0 amide bonds. The predicted molar refractivity (Wildman–Crippen MR) is 90.5 cm³/mol. The van der Waals surface area contributed by atoms with E-state index in [1.807, 2.05) is 20.8 Å². The second-order valence-electron chi connectivity index (χ2n) is 5.04. The summed E-state index contributed by atoms with van der Waals surface area (Å²) in [7, 11) is 9.75. The quantitative estimate of drug-likeness (QED) is 0.422. The average Bonchev–Trinajstić information content (AvgIpc) is 2.26. The molecule has 2 rings (SSSR count). The SMILES string of the molecule is CC1=CC(C)[N-]C(C)=C1.Cc1cc(C)nc(C)c1.[Cl][Pt][Cl]. The van der Waals surface area contributed by atoms with Crippen molar-refractivity contribution in [1.29, 1.82) is 0 Å². The second-order valence-corrected chi connectivity index (χ2v) is 8.32. The molecule has 1 atom stereocenters. The van der Waals surface area contributed by atoms with Crippen molar-refractivity contribution in [3.05, 3.63) is 57.8 Å². The van der Waals surface area contributed by atoms with Crippen LogP contribution in [0.4, 0.5) is 0 Å². The van der Waals surface area contributed by atoms with E-state index in [-0.39, 0.29) is 0 Å². The number of aromatic nitrogens is 1. The summed E-state index contributed by atoms with van der Waals surface area (Å²) in [6.45, 7) is 12.4. The molecule has 122 valence electrons. The van der Waals surface area contributed by atoms with Gasteiger partial charge in [0.15, 0.2) is 0 Å². The van der Waals surface area contributed by atoms with Gasteiger partial charge in [0, 0.05) is 11.4 Å². The summed E-state index contributed by atoms with van der Waals surface area (Å²) in [6.07, 6.45) is 4.26. The number of halogens is 2. The fraction of sp³-hybridized carbons (Fsp3) is 0.438. The Bertz CT molecular complexity index is 449. The molecule has 0 bridgehead atoms. The van der Waals surface area contributed by atoms with E-state index in [4.69, 9.17) is 18.8 Å². The predicted octanol–water partition coefficient (Wildman–Crippen LogP) is 6.00. The zero-order valence-electron chi connectivity index (χ0n) is 13.4. The van der Waals surface area contributed by atoms with Crippen LogP contribution in [0.1, 0.15) is 37.7 Å². The van der Waals surface area contributed by atoms with Crippen LogP contribution in [0.25, 0.3) is 5.32 Å². The Kier molecular flexibility index (Phi) is 11.1. The van der Waals surface area contributed by atoms with Gasteiger partial charge in [0.1, 0.15) is 0 Å². The number of hydrogen-bond donors (Lipinski definition) is 0. The maximum atomic E-state index is 4.88. The van der Waals surface area contributed by atoms with Crippen LogP contribution < -0.4 is 0 Å². The van der Waals surface area contributed by atoms with Crippen molar-refractivity contribution in [1.82, 2.24) is 4.98 Å². The Balaban J connectivity index is 0.000000322. The molecule has 1 aliphatic rings. The second kappa shape index (κ2) is 11.3. The Morgan fingerprint density at radius 2 is 1.52 bits per heavy atom. The molecule has 0 aromatic carbocycles. The van der Waals surface area contributed by atoms with E-state index in [2.05, 4.69) is 55.4 Å². The summed E-state index contributed by atoms with van der Waals surface area (Å²) < 4.78 is 0. The third kappa shape index (κ3) is 11.0. The molecule has 1 unspecified atom stereocenters. The van der Waals surface area contributed by atoms with Gasteiger partial charge in [0.05, 0.1) is 0 Å². The van der Waals surface area contributed by atoms with Crippen LogP contribution in [-0.2, 0) is 16.5 Å². The molecule has 0 spiro atoms. The maximum absolute atomic E-state index is 4.88. The molecule has 1 aromatic heterocycles. The van der Waals surface area contributed by atoms with Crippen LogP contribution in [-0.4, -0.2) is 11.0 Å². The molecule has 0 N–H and O–H groups in total. The Morgan fingerprint density at radius 3 is 1.86 bits per heavy atom. The average molecular weight is 509 g/mol. The van der Waals surface area contributed by atoms with Gasteiger partial charge in [-0.05, 0) is 45.4 Å². The molecule has 1 aliphatic heterocycles. The van der Waals surface area contributed by atoms with Crippen molar-refractivity contribution < 1.29 is 16.5 Å². The first-order chi connectivity index (χ1) is 9.78. The van der Waals surface area contributed by atoms with Crippen LogP contribution in [0.2, 0.25) is 0 Å². The van der Waals surface area contributed by atoms with Crippen LogP contribution in [0.3, 0.4) is 0 Å². The normalized spacial score (nSPS) is 16.5. The summed E-state index contributed by atoms with van der Waals surface area (Å²) in [5, 5.41) is 4.32. The van der Waals surface area contributed by atoms with Crippen molar-refractivity contribution in [2.24, 2.45) is 0 Å². The first kappa shape index (κ1) is 20.7. The third-order valence-electron chi connectivity index (χ3n) is 2.57. The Labute approximate surface area is 145 Å². The molecule has 21 heavy (non-hydrogen) atoms. The van der Waals surface area contributed by atoms with Crippen molar-refractivity contribution in [3.63, 3.8) is 0 Å². The molecular formula is C16H23Cl2N2Pt-. The van der Waals surface area contributed by atoms with Gasteiger partial charge in [-0.15, -0.1) is 6.04 Å². The summed E-state index contributed by atoms with van der Waals surface area (Å²) in [4.78, 5) is 4.23. The number of aryl methyl sites for hydroxylation is 3. The van der Waals surface area contributed by atoms with Gasteiger partial charge in [-0.1, -0.05) is 31.6 Å². The van der Waals surface area contributed by atoms with Gasteiger partial charge in [0.2, 0.25) is 0 Å². The van der Waals surface area contributed by atoms with Crippen LogP contribution in [0.5, 0.6) is 0 Å². The fourth-order valence-electron chi connectivity index (χ4n) is 2.20. The minimum atomic E-state index is -0.472. The number of allylic oxidation sites excluding steroid dienone is 3. The van der Waals surface area contributed by atoms with E-state index in [0.29, 0.717) is 6.04 Å². The fourth-order valence-corrected chi connectivity index (χ4v) is 2.20. The molecular weight excluding hydrogens is 486 g/mol. The van der Waals surface area contributed by atoms with Crippen molar-refractivity contribution >= 4 is 18.8 Å². The van der Waals surface area contributed by atoms with E-state index >= 15 is 0 Å². The van der Waals surface area contributed by atoms with Crippen molar-refractivity contribution in [2.75, 3.05) is 0 Å². The first-order valence-corrected chi connectivity index (χ1v) is 12.2. The van der Waals surface area contributed by atoms with E-state index in [9.17, 15) is 0 Å². The summed E-state index contributed by atoms with van der Waals surface area (Å²) in [6, 6.07) is 4.54. The van der Waals surface area contributed by atoms with E-state index in [1.165, 1.54) is 11.1 Å². The molecule has 2 heterocycles. The first-order valence-electron chi connectivity index (χ1n) is 6.60. The van der Waals surface area contributed by atoms with E-state index < -0.39 is 16.5 Å². The van der Waals surface area contributed by atoms with Gasteiger partial charge >= 0.3 is 35.3 Å². The standard InChI is InChI=1S/C8H12N.C8H11N.2ClH.Pt/c2*1-6-4-7(2)9-8(3)5-6;;;/h4-5,7H,1-3H3;4-5H,1-3H3;2*1H;/q-1;;;;+2/p-2. The van der Waals surface area contributed by atoms with Crippen molar-refractivity contribution in [2.45, 2.75) is 47.6 Å². The number of rotatable bonds is 0. The number of pyridine rings is 1. The summed E-state index contributed by atoms with van der Waals surface area (Å²) in [5.41, 5.74) is 5.97. The van der Waals surface area contributed by atoms with Gasteiger partial charge < -0.3 is 5.32 Å². The zero-order valence-corrected chi connectivity index (χ0v) is 17.1. The molecule has 0 radical (unpaired) electrons. The van der Waals surface area contributed by atoms with Gasteiger partial charge in [-0.25, -0.2) is 0 Å². The zero-order chi connectivity index (χ0) is 16.4. The van der Waals surface area contributed by atoms with Crippen LogP contribution >= 0.6 is 18.8 Å². The molecule has 0 aliphatic carbocycles. The van der Waals surface area contributed by atoms with Gasteiger partial charge in [0.25, 0.3) is 0 Å². The summed E-state index contributed by atoms with van der Waals surface area (Å²) in [5.74, 6) is 0. The third-order valence-corrected chi connectivity index (χ3v) is 2.57. The van der Waals surface area contributed by atoms with Gasteiger partial charge in [-0.2, -0.15) is 5.70 Å². The molecule has 0 fully saturated rings. The van der Waals surface area contributed by atoms with E-state index in [0.717, 1.165) is 17.1 Å². The number of hydrogen-bond acceptors (Lipinski definition) is 1. The molecule has 0 saturated carbocycles. The van der Waals surface area contributed by atoms with Gasteiger partial charge in [-0.3, -0.25) is 4.98 Å². The monoisotopic (exact) mass is 508 g/mol. The molecule has 5 heteroatoms. The van der Waals surface area contributed by atoms with Crippen molar-refractivity contribution in [3.8, 4) is 0 Å². The molecule has 0 saturated heterocycles. The Hall–Kier alpha value is -0.302. The van der Waals surface area contributed by atoms with E-state index in [1.54, 1.807) is 0 Å². The topological polar surface area (TPSA) is 27.0 Å².